The summed E-state index contributed by atoms with van der Waals surface area (Å²) in [6.45, 7) is 5.81. The van der Waals surface area contributed by atoms with Crippen molar-refractivity contribution in [2.75, 3.05) is 6.61 Å². The lowest BCUT2D eigenvalue weighted by Gasteiger charge is -2.21. The predicted octanol–water partition coefficient (Wildman–Crippen LogP) is 3.74. The Morgan fingerprint density at radius 3 is 2.46 bits per heavy atom. The van der Waals surface area contributed by atoms with Crippen molar-refractivity contribution in [3.63, 3.8) is 0 Å². The average molecular weight is 559 g/mol. The maximum absolute atomic E-state index is 13.1. The van der Waals surface area contributed by atoms with Crippen molar-refractivity contribution >= 4 is 34.6 Å². The number of primary amides is 1. The van der Waals surface area contributed by atoms with Gasteiger partial charge in [-0.1, -0.05) is 47.7 Å². The standard InChI is InChI=1S/C29H27ClN6O2S/c1-15-16(2)39-29-23(15)25(20-9-11-21(30)12-10-20)33-26(28-35-34-17(3)36(28)29)24(27(32)38)19-7-4-18(5-8-19)6-13-22(31)14-37/h4-5,7-12,22,24,26,37H,14,31H2,1-3H3,(H2,32,38)/t22?,24?,26-/m0/s1. The number of carbonyl (C=O) groups is 1. The molecular formula is C29H27ClN6O2S. The largest absolute Gasteiger partial charge is 0.394 e. The van der Waals surface area contributed by atoms with Gasteiger partial charge < -0.3 is 16.6 Å². The number of aliphatic hydroxyl groups excluding tert-OH is 1. The number of halogens is 1. The molecule has 1 aliphatic heterocycles. The fraction of sp³-hybridized carbons (Fsp3) is 0.241. The molecule has 2 unspecified atom stereocenters. The van der Waals surface area contributed by atoms with Crippen LogP contribution in [0.2, 0.25) is 5.02 Å². The smallest absolute Gasteiger partial charge is 0.227 e. The first-order chi connectivity index (χ1) is 18.7. The van der Waals surface area contributed by atoms with Crippen LogP contribution >= 0.6 is 22.9 Å². The SMILES string of the molecule is Cc1sc2c(c1C)C(c1ccc(Cl)cc1)=N[C@@H](C(C(N)=O)c1ccc(C#CC(N)CO)cc1)c1nnc(C)n1-2. The fourth-order valence-corrected chi connectivity index (χ4v) is 6.02. The number of amides is 1. The van der Waals surface area contributed by atoms with Crippen molar-refractivity contribution in [2.24, 2.45) is 16.5 Å². The molecule has 5 rings (SSSR count). The molecule has 2 aromatic carbocycles. The van der Waals surface area contributed by atoms with Gasteiger partial charge in [-0.3, -0.25) is 14.4 Å². The van der Waals surface area contributed by atoms with Crippen LogP contribution in [-0.4, -0.2) is 44.1 Å². The molecule has 3 heterocycles. The monoisotopic (exact) mass is 558 g/mol. The molecule has 1 aliphatic rings. The molecule has 1 amide bonds. The first-order valence-corrected chi connectivity index (χ1v) is 13.5. The quantitative estimate of drug-likeness (QED) is 0.321. The van der Waals surface area contributed by atoms with Crippen molar-refractivity contribution in [3.8, 4) is 16.8 Å². The number of hydrogen-bond acceptors (Lipinski definition) is 7. The molecule has 4 aromatic rings. The molecular weight excluding hydrogens is 532 g/mol. The van der Waals surface area contributed by atoms with Crippen LogP contribution in [0.3, 0.4) is 0 Å². The molecule has 0 saturated heterocycles. The Kier molecular flexibility index (Phi) is 7.38. The number of nitrogens with zero attached hydrogens (tertiary/aromatic N) is 4. The van der Waals surface area contributed by atoms with E-state index in [0.29, 0.717) is 27.8 Å². The number of thiophene rings is 1. The van der Waals surface area contributed by atoms with E-state index < -0.39 is 23.9 Å². The van der Waals surface area contributed by atoms with Crippen LogP contribution in [0.25, 0.3) is 5.00 Å². The summed E-state index contributed by atoms with van der Waals surface area (Å²) in [5.41, 5.74) is 16.8. The Morgan fingerprint density at radius 2 is 1.82 bits per heavy atom. The Balaban J connectivity index is 1.71. The van der Waals surface area contributed by atoms with E-state index in [4.69, 9.17) is 33.2 Å². The summed E-state index contributed by atoms with van der Waals surface area (Å²) in [5, 5.41) is 19.6. The summed E-state index contributed by atoms with van der Waals surface area (Å²) >= 11 is 7.85. The number of fused-ring (bicyclic) bond motifs is 3. The highest BCUT2D eigenvalue weighted by molar-refractivity contribution is 7.15. The molecule has 0 bridgehead atoms. The lowest BCUT2D eigenvalue weighted by molar-refractivity contribution is -0.120. The molecule has 3 atom stereocenters. The van der Waals surface area contributed by atoms with Gasteiger partial charge in [0, 0.05) is 26.6 Å². The summed E-state index contributed by atoms with van der Waals surface area (Å²) in [6, 6.07) is 13.4. The van der Waals surface area contributed by atoms with Gasteiger partial charge in [0.05, 0.1) is 24.3 Å². The maximum atomic E-state index is 13.1. The van der Waals surface area contributed by atoms with E-state index in [1.807, 2.05) is 47.9 Å². The van der Waals surface area contributed by atoms with Crippen LogP contribution in [0, 0.1) is 32.6 Å². The highest BCUT2D eigenvalue weighted by atomic mass is 35.5. The van der Waals surface area contributed by atoms with Gasteiger partial charge in [0.1, 0.15) is 16.9 Å². The zero-order chi connectivity index (χ0) is 27.8. The lowest BCUT2D eigenvalue weighted by Crippen LogP contribution is -2.28. The second-order valence-corrected chi connectivity index (χ2v) is 11.0. The minimum Gasteiger partial charge on any atom is -0.394 e. The zero-order valence-electron chi connectivity index (χ0n) is 21.6. The lowest BCUT2D eigenvalue weighted by atomic mass is 9.89. The van der Waals surface area contributed by atoms with E-state index in [1.165, 1.54) is 0 Å². The third kappa shape index (κ3) is 5.00. The number of rotatable bonds is 5. The van der Waals surface area contributed by atoms with E-state index in [-0.39, 0.29) is 6.61 Å². The van der Waals surface area contributed by atoms with Crippen LogP contribution in [0.4, 0.5) is 0 Å². The maximum Gasteiger partial charge on any atom is 0.227 e. The molecule has 39 heavy (non-hydrogen) atoms. The van der Waals surface area contributed by atoms with Crippen molar-refractivity contribution in [1.82, 2.24) is 14.8 Å². The minimum absolute atomic E-state index is 0.227. The Morgan fingerprint density at radius 1 is 1.13 bits per heavy atom. The van der Waals surface area contributed by atoms with Crippen LogP contribution in [0.1, 0.15) is 56.3 Å². The van der Waals surface area contributed by atoms with Crippen molar-refractivity contribution in [2.45, 2.75) is 38.8 Å². The van der Waals surface area contributed by atoms with E-state index in [9.17, 15) is 4.79 Å². The summed E-state index contributed by atoms with van der Waals surface area (Å²) in [7, 11) is 0. The molecule has 8 nitrogen and oxygen atoms in total. The van der Waals surface area contributed by atoms with Gasteiger partial charge in [-0.05, 0) is 56.2 Å². The van der Waals surface area contributed by atoms with E-state index >= 15 is 0 Å². The van der Waals surface area contributed by atoms with Crippen LogP contribution in [0.5, 0.6) is 0 Å². The second-order valence-electron chi connectivity index (χ2n) is 9.39. The van der Waals surface area contributed by atoms with Crippen LogP contribution in [-0.2, 0) is 4.79 Å². The van der Waals surface area contributed by atoms with E-state index in [2.05, 4.69) is 35.9 Å². The van der Waals surface area contributed by atoms with E-state index in [0.717, 1.165) is 32.3 Å². The zero-order valence-corrected chi connectivity index (χ0v) is 23.2. The Labute approximate surface area is 235 Å². The Hall–Kier alpha value is -3.81. The highest BCUT2D eigenvalue weighted by Gasteiger charge is 2.38. The number of aryl methyl sites for hydroxylation is 2. The number of aromatic nitrogens is 3. The van der Waals surface area contributed by atoms with Gasteiger partial charge in [0.25, 0.3) is 0 Å². The number of hydrogen-bond donors (Lipinski definition) is 3. The number of benzene rings is 2. The molecule has 0 fully saturated rings. The van der Waals surface area contributed by atoms with Gasteiger partial charge in [0.15, 0.2) is 5.82 Å². The van der Waals surface area contributed by atoms with Gasteiger partial charge in [-0.2, -0.15) is 0 Å². The van der Waals surface area contributed by atoms with Gasteiger partial charge >= 0.3 is 0 Å². The average Bonchev–Trinajstić information content (AvgIpc) is 3.39. The fourth-order valence-electron chi connectivity index (χ4n) is 4.68. The number of aliphatic imine (C=N–C) groups is 1. The molecule has 0 saturated carbocycles. The molecule has 0 spiro atoms. The summed E-state index contributed by atoms with van der Waals surface area (Å²) < 4.78 is 1.99. The number of nitrogens with two attached hydrogens (primary N) is 2. The number of carbonyl (C=O) groups excluding carboxylic acids is 1. The topological polar surface area (TPSA) is 132 Å². The second kappa shape index (κ2) is 10.8. The summed E-state index contributed by atoms with van der Waals surface area (Å²) in [6.07, 6.45) is 0. The van der Waals surface area contributed by atoms with E-state index in [1.54, 1.807) is 23.5 Å². The summed E-state index contributed by atoms with van der Waals surface area (Å²) in [4.78, 5) is 19.5. The molecule has 0 radical (unpaired) electrons. The van der Waals surface area contributed by atoms with Crippen molar-refractivity contribution < 1.29 is 9.90 Å². The van der Waals surface area contributed by atoms with Gasteiger partial charge in [-0.25, -0.2) is 0 Å². The molecule has 2 aromatic heterocycles. The first kappa shape index (κ1) is 26.8. The third-order valence-corrected chi connectivity index (χ3v) is 8.24. The van der Waals surface area contributed by atoms with Crippen molar-refractivity contribution in [1.29, 1.82) is 0 Å². The highest BCUT2D eigenvalue weighted by Crippen LogP contribution is 2.43. The first-order valence-electron chi connectivity index (χ1n) is 12.3. The predicted molar refractivity (Wildman–Crippen MR) is 154 cm³/mol. The number of aliphatic hydroxyl groups is 1. The molecule has 10 heteroatoms. The molecule has 198 valence electrons. The van der Waals surface area contributed by atoms with Crippen molar-refractivity contribution in [3.05, 3.63) is 97.9 Å². The minimum atomic E-state index is -0.827. The molecule has 0 aliphatic carbocycles. The Bertz CT molecular complexity index is 1640. The normalized spacial score (nSPS) is 15.7. The van der Waals surface area contributed by atoms with Crippen LogP contribution in [0.15, 0.2) is 53.5 Å². The van der Waals surface area contributed by atoms with Gasteiger partial charge in [-0.15, -0.1) is 21.5 Å². The van der Waals surface area contributed by atoms with Crippen LogP contribution < -0.4 is 11.5 Å². The van der Waals surface area contributed by atoms with Gasteiger partial charge in [0.2, 0.25) is 5.91 Å². The summed E-state index contributed by atoms with van der Waals surface area (Å²) in [5.74, 6) is 5.60. The molecule has 5 N–H and O–H groups in total. The third-order valence-electron chi connectivity index (χ3n) is 6.80.